The molecule has 2 fully saturated rings. The lowest BCUT2D eigenvalue weighted by atomic mass is 10.3. The van der Waals surface area contributed by atoms with Crippen LogP contribution in [0.15, 0.2) is 0 Å². The van der Waals surface area contributed by atoms with Crippen molar-refractivity contribution >= 4 is 15.8 Å². The Balaban J connectivity index is 1.98. The minimum Gasteiger partial charge on any atom is -0.376 e. The van der Waals surface area contributed by atoms with E-state index in [1.54, 1.807) is 0 Å². The second kappa shape index (κ2) is 3.88. The summed E-state index contributed by atoms with van der Waals surface area (Å²) in [7, 11) is 0.296. The van der Waals surface area contributed by atoms with Gasteiger partial charge in [-0.2, -0.15) is 0 Å². The monoisotopic (exact) mass is 206 g/mol. The molecule has 0 bridgehead atoms. The van der Waals surface area contributed by atoms with Crippen LogP contribution >= 0.6 is 15.8 Å². The number of hydrogen-bond donors (Lipinski definition) is 0. The van der Waals surface area contributed by atoms with Crippen molar-refractivity contribution in [2.45, 2.75) is 11.3 Å². The van der Waals surface area contributed by atoms with Crippen LogP contribution in [-0.2, 0) is 9.47 Å². The first-order valence-corrected chi connectivity index (χ1v) is 8.43. The molecule has 0 saturated carbocycles. The molecule has 2 nitrogen and oxygen atoms in total. The Bertz CT molecular complexity index is 147. The Morgan fingerprint density at radius 2 is 1.33 bits per heavy atom. The van der Waals surface area contributed by atoms with Crippen LogP contribution in [0.25, 0.3) is 0 Å². The molecular formula is C8H16O2P2. The van der Waals surface area contributed by atoms with Crippen LogP contribution in [0.2, 0.25) is 0 Å². The van der Waals surface area contributed by atoms with Gasteiger partial charge in [-0.1, -0.05) is 15.8 Å². The van der Waals surface area contributed by atoms with Gasteiger partial charge in [0.1, 0.15) is 0 Å². The highest BCUT2D eigenvalue weighted by Gasteiger charge is 2.37. The van der Waals surface area contributed by atoms with E-state index in [2.05, 4.69) is 13.3 Å². The lowest BCUT2D eigenvalue weighted by Gasteiger charge is -2.23. The molecule has 2 heterocycles. The van der Waals surface area contributed by atoms with E-state index in [1.165, 1.54) is 0 Å². The second-order valence-electron chi connectivity index (χ2n) is 3.65. The van der Waals surface area contributed by atoms with Crippen molar-refractivity contribution in [3.63, 3.8) is 0 Å². The Hall–Kier alpha value is 0.780. The molecule has 3 unspecified atom stereocenters. The van der Waals surface area contributed by atoms with Gasteiger partial charge in [-0.25, -0.2) is 0 Å². The molecule has 0 amide bonds. The summed E-state index contributed by atoms with van der Waals surface area (Å²) >= 11 is 0. The first-order chi connectivity index (χ1) is 5.79. The van der Waals surface area contributed by atoms with Crippen molar-refractivity contribution in [3.8, 4) is 0 Å². The predicted molar refractivity (Wildman–Crippen MR) is 54.9 cm³/mol. The summed E-state index contributed by atoms with van der Waals surface area (Å²) in [5, 5.41) is 0. The quantitative estimate of drug-likeness (QED) is 0.610. The molecular weight excluding hydrogens is 190 g/mol. The summed E-state index contributed by atoms with van der Waals surface area (Å²) in [5.41, 5.74) is 1.69. The fraction of sp³-hybridized carbons (Fsp3) is 1.00. The van der Waals surface area contributed by atoms with Gasteiger partial charge in [-0.05, 0) is 13.3 Å². The topological polar surface area (TPSA) is 18.5 Å². The van der Waals surface area contributed by atoms with Crippen molar-refractivity contribution in [3.05, 3.63) is 0 Å². The van der Waals surface area contributed by atoms with Crippen molar-refractivity contribution < 1.29 is 9.47 Å². The van der Waals surface area contributed by atoms with Gasteiger partial charge in [0, 0.05) is 11.3 Å². The zero-order valence-corrected chi connectivity index (χ0v) is 9.48. The maximum atomic E-state index is 5.51. The van der Waals surface area contributed by atoms with Crippen LogP contribution in [0.5, 0.6) is 0 Å². The van der Waals surface area contributed by atoms with E-state index in [9.17, 15) is 0 Å². The third-order valence-electron chi connectivity index (χ3n) is 2.74. The minimum absolute atomic E-state index is 0.148. The maximum absolute atomic E-state index is 5.51. The van der Waals surface area contributed by atoms with Gasteiger partial charge in [0.25, 0.3) is 0 Å². The number of rotatable bonds is 1. The van der Waals surface area contributed by atoms with E-state index in [1.807, 2.05) is 0 Å². The first kappa shape index (κ1) is 9.34. The molecule has 0 radical (unpaired) electrons. The van der Waals surface area contributed by atoms with Gasteiger partial charge in [-0.3, -0.25) is 0 Å². The van der Waals surface area contributed by atoms with Crippen molar-refractivity contribution in [1.82, 2.24) is 0 Å². The summed E-state index contributed by atoms with van der Waals surface area (Å²) in [5.74, 6) is 0. The minimum atomic E-state index is 0.148. The highest BCUT2D eigenvalue weighted by molar-refractivity contribution is 7.62. The van der Waals surface area contributed by atoms with Gasteiger partial charge in [0.2, 0.25) is 0 Å². The molecule has 0 aromatic heterocycles. The van der Waals surface area contributed by atoms with Crippen molar-refractivity contribution in [2.75, 3.05) is 39.2 Å². The highest BCUT2D eigenvalue weighted by Crippen LogP contribution is 2.55. The number of ether oxygens (including phenoxy) is 2. The second-order valence-corrected chi connectivity index (χ2v) is 8.52. The van der Waals surface area contributed by atoms with Gasteiger partial charge in [0.15, 0.2) is 0 Å². The third-order valence-corrected chi connectivity index (χ3v) is 7.44. The highest BCUT2D eigenvalue weighted by atomic mass is 31.1. The average Bonchev–Trinajstić information content (AvgIpc) is 2.59. The molecule has 0 N–H and O–H groups in total. The van der Waals surface area contributed by atoms with Crippen molar-refractivity contribution in [2.24, 2.45) is 0 Å². The van der Waals surface area contributed by atoms with E-state index in [0.29, 0.717) is 0 Å². The van der Waals surface area contributed by atoms with E-state index in [4.69, 9.17) is 9.47 Å². The van der Waals surface area contributed by atoms with Crippen molar-refractivity contribution in [1.29, 1.82) is 0 Å². The molecule has 4 heteroatoms. The van der Waals surface area contributed by atoms with E-state index in [0.717, 1.165) is 37.2 Å². The molecule has 0 aromatic carbocycles. The molecule has 0 aliphatic carbocycles. The zero-order chi connectivity index (χ0) is 8.55. The molecule has 12 heavy (non-hydrogen) atoms. The largest absolute Gasteiger partial charge is 0.376 e. The Kier molecular flexibility index (Phi) is 3.02. The summed E-state index contributed by atoms with van der Waals surface area (Å²) in [6.45, 7) is 6.74. The Morgan fingerprint density at radius 3 is 1.58 bits per heavy atom. The fourth-order valence-electron chi connectivity index (χ4n) is 1.89. The Morgan fingerprint density at radius 1 is 0.917 bits per heavy atom. The molecule has 0 spiro atoms. The van der Waals surface area contributed by atoms with Gasteiger partial charge >= 0.3 is 0 Å². The van der Waals surface area contributed by atoms with Crippen LogP contribution in [0.1, 0.15) is 0 Å². The maximum Gasteiger partial charge on any atom is 0.0660 e. The summed E-state index contributed by atoms with van der Waals surface area (Å²) in [6.07, 6.45) is 2.05. The molecule has 2 saturated heterocycles. The molecule has 2 aliphatic rings. The van der Waals surface area contributed by atoms with Gasteiger partial charge < -0.3 is 9.47 Å². The predicted octanol–water partition coefficient (Wildman–Crippen LogP) is 1.92. The van der Waals surface area contributed by atoms with Gasteiger partial charge in [-0.15, -0.1) is 0 Å². The molecule has 2 aliphatic heterocycles. The SMILES string of the molecule is CP1COCC1[C@H]1COCP1C. The molecule has 70 valence electrons. The third kappa shape index (κ3) is 1.68. The normalized spacial score (nSPS) is 48.5. The fourth-order valence-corrected chi connectivity index (χ4v) is 6.49. The van der Waals surface area contributed by atoms with Crippen LogP contribution in [0, 0.1) is 0 Å². The van der Waals surface area contributed by atoms with E-state index >= 15 is 0 Å². The standard InChI is InChI=1S/C8H16O2P2/c1-11-5-9-3-7(11)8-4-10-6-12(8)2/h7-8H,3-6H2,1-2H3/t7-,8?,11?,12?/m1/s1. The van der Waals surface area contributed by atoms with Crippen LogP contribution in [-0.4, -0.2) is 50.6 Å². The summed E-state index contributed by atoms with van der Waals surface area (Å²) in [6, 6.07) is 0. The van der Waals surface area contributed by atoms with Crippen LogP contribution in [0.3, 0.4) is 0 Å². The average molecular weight is 206 g/mol. The summed E-state index contributed by atoms with van der Waals surface area (Å²) in [4.78, 5) is 0. The van der Waals surface area contributed by atoms with E-state index < -0.39 is 0 Å². The smallest absolute Gasteiger partial charge is 0.0660 e. The van der Waals surface area contributed by atoms with Crippen LogP contribution < -0.4 is 0 Å². The zero-order valence-electron chi connectivity index (χ0n) is 7.69. The van der Waals surface area contributed by atoms with E-state index in [-0.39, 0.29) is 15.8 Å². The number of hydrogen-bond acceptors (Lipinski definition) is 2. The lowest BCUT2D eigenvalue weighted by molar-refractivity contribution is 0.179. The lowest BCUT2D eigenvalue weighted by Crippen LogP contribution is -2.23. The molecule has 4 atom stereocenters. The molecule has 2 rings (SSSR count). The molecule has 0 aromatic rings. The Labute approximate surface area is 76.5 Å². The first-order valence-electron chi connectivity index (χ1n) is 4.35. The summed E-state index contributed by atoms with van der Waals surface area (Å²) < 4.78 is 11.0. The van der Waals surface area contributed by atoms with Gasteiger partial charge in [0.05, 0.1) is 25.9 Å². The van der Waals surface area contributed by atoms with Crippen LogP contribution in [0.4, 0.5) is 0 Å².